The highest BCUT2D eigenvalue weighted by Crippen LogP contribution is 2.21. The minimum Gasteiger partial charge on any atom is -0.479 e. The minimum atomic E-state index is -1.51. The van der Waals surface area contributed by atoms with E-state index in [2.05, 4.69) is 13.8 Å². The molecule has 0 spiro atoms. The van der Waals surface area contributed by atoms with Gasteiger partial charge in [0.1, 0.15) is 0 Å². The summed E-state index contributed by atoms with van der Waals surface area (Å²) in [5.74, 6) is -0.588. The van der Waals surface area contributed by atoms with Gasteiger partial charge in [0.2, 0.25) is 0 Å². The van der Waals surface area contributed by atoms with Crippen molar-refractivity contribution in [1.29, 1.82) is 0 Å². The maximum absolute atomic E-state index is 10.7. The Hall–Kier alpha value is -0.610. The Kier molecular flexibility index (Phi) is 2.93. The Morgan fingerprint density at radius 3 is 2.62 bits per heavy atom. The average Bonchev–Trinajstić information content (AvgIpc) is 2.32. The minimum absolute atomic E-state index is 0.264. The molecule has 1 aliphatic rings. The number of nitrogens with zero attached hydrogens (tertiary/aromatic N) is 1. The Bertz CT molecular complexity index is 205. The summed E-state index contributed by atoms with van der Waals surface area (Å²) in [6, 6.07) is 0. The molecule has 2 N–H and O–H groups in total. The van der Waals surface area contributed by atoms with Crippen molar-refractivity contribution in [1.82, 2.24) is 4.90 Å². The van der Waals surface area contributed by atoms with Crippen LogP contribution >= 0.6 is 0 Å². The lowest BCUT2D eigenvalue weighted by molar-refractivity contribution is -0.157. The number of likely N-dealkylation sites (tertiary alicyclic amines) is 1. The van der Waals surface area contributed by atoms with E-state index in [-0.39, 0.29) is 6.54 Å². The molecule has 1 aliphatic heterocycles. The van der Waals surface area contributed by atoms with Gasteiger partial charge in [0.15, 0.2) is 5.60 Å². The first-order valence-electron chi connectivity index (χ1n) is 4.62. The molecule has 1 heterocycles. The molecule has 1 saturated heterocycles. The van der Waals surface area contributed by atoms with E-state index in [1.165, 1.54) is 0 Å². The second kappa shape index (κ2) is 3.64. The normalized spacial score (nSPS) is 29.8. The van der Waals surface area contributed by atoms with Gasteiger partial charge in [-0.1, -0.05) is 13.8 Å². The molecule has 0 amide bonds. The lowest BCUT2D eigenvalue weighted by Gasteiger charge is -2.20. The molecule has 4 nitrogen and oxygen atoms in total. The number of carboxylic acid groups (broad SMARTS) is 1. The molecule has 13 heavy (non-hydrogen) atoms. The molecule has 0 saturated carbocycles. The van der Waals surface area contributed by atoms with E-state index in [9.17, 15) is 9.90 Å². The van der Waals surface area contributed by atoms with Crippen LogP contribution in [-0.4, -0.2) is 46.3 Å². The number of β-amino-alcohol motifs (C(OH)–C–C–N with tert-alkyl or cyclic N) is 1. The summed E-state index contributed by atoms with van der Waals surface area (Å²) in [4.78, 5) is 12.7. The maximum Gasteiger partial charge on any atom is 0.337 e. The van der Waals surface area contributed by atoms with Gasteiger partial charge in [-0.2, -0.15) is 0 Å². The largest absolute Gasteiger partial charge is 0.479 e. The van der Waals surface area contributed by atoms with Crippen LogP contribution in [0.1, 0.15) is 20.3 Å². The van der Waals surface area contributed by atoms with Crippen molar-refractivity contribution in [2.45, 2.75) is 25.9 Å². The smallest absolute Gasteiger partial charge is 0.337 e. The number of aliphatic hydroxyl groups is 1. The van der Waals surface area contributed by atoms with Gasteiger partial charge in [0, 0.05) is 26.1 Å². The third-order valence-electron chi connectivity index (χ3n) is 2.35. The van der Waals surface area contributed by atoms with Crippen LogP contribution in [0, 0.1) is 5.92 Å². The third kappa shape index (κ3) is 2.42. The van der Waals surface area contributed by atoms with Crippen LogP contribution < -0.4 is 0 Å². The molecule has 0 aromatic heterocycles. The zero-order valence-electron chi connectivity index (χ0n) is 8.16. The van der Waals surface area contributed by atoms with Crippen molar-refractivity contribution in [3.05, 3.63) is 0 Å². The highest BCUT2D eigenvalue weighted by Gasteiger charge is 2.42. The molecule has 0 aromatic rings. The lowest BCUT2D eigenvalue weighted by Crippen LogP contribution is -2.41. The Balaban J connectivity index is 2.48. The lowest BCUT2D eigenvalue weighted by atomic mass is 10.0. The maximum atomic E-state index is 10.7. The fourth-order valence-electron chi connectivity index (χ4n) is 1.72. The van der Waals surface area contributed by atoms with Crippen LogP contribution in [0.5, 0.6) is 0 Å². The standard InChI is InChI=1S/C9H17NO3/c1-7(2)5-10-4-3-9(13,6-10)8(11)12/h7,13H,3-6H2,1-2H3,(H,11,12). The van der Waals surface area contributed by atoms with Crippen molar-refractivity contribution < 1.29 is 15.0 Å². The summed E-state index contributed by atoms with van der Waals surface area (Å²) in [5.41, 5.74) is -1.51. The summed E-state index contributed by atoms with van der Waals surface area (Å²) in [7, 11) is 0. The Morgan fingerprint density at radius 2 is 2.23 bits per heavy atom. The summed E-state index contributed by atoms with van der Waals surface area (Å²) < 4.78 is 0. The number of hydrogen-bond acceptors (Lipinski definition) is 3. The van der Waals surface area contributed by atoms with E-state index in [1.54, 1.807) is 0 Å². The quantitative estimate of drug-likeness (QED) is 0.661. The van der Waals surface area contributed by atoms with E-state index < -0.39 is 11.6 Å². The van der Waals surface area contributed by atoms with Gasteiger partial charge in [-0.3, -0.25) is 4.90 Å². The highest BCUT2D eigenvalue weighted by atomic mass is 16.4. The third-order valence-corrected chi connectivity index (χ3v) is 2.35. The van der Waals surface area contributed by atoms with E-state index >= 15 is 0 Å². The van der Waals surface area contributed by atoms with Crippen molar-refractivity contribution in [2.24, 2.45) is 5.92 Å². The first-order chi connectivity index (χ1) is 5.94. The molecule has 4 heteroatoms. The fourth-order valence-corrected chi connectivity index (χ4v) is 1.72. The summed E-state index contributed by atoms with van der Waals surface area (Å²) in [5, 5.41) is 18.4. The summed E-state index contributed by atoms with van der Waals surface area (Å²) in [6.45, 7) is 5.97. The molecule has 0 aromatic carbocycles. The fraction of sp³-hybridized carbons (Fsp3) is 0.889. The van der Waals surface area contributed by atoms with Gasteiger partial charge in [0.25, 0.3) is 0 Å². The Morgan fingerprint density at radius 1 is 1.62 bits per heavy atom. The van der Waals surface area contributed by atoms with Crippen LogP contribution in [0.2, 0.25) is 0 Å². The molecule has 1 atom stereocenters. The second-order valence-electron chi connectivity index (χ2n) is 4.22. The summed E-state index contributed by atoms with van der Waals surface area (Å²) >= 11 is 0. The zero-order valence-corrected chi connectivity index (χ0v) is 8.16. The van der Waals surface area contributed by atoms with Crippen molar-refractivity contribution in [3.8, 4) is 0 Å². The van der Waals surface area contributed by atoms with E-state index in [0.29, 0.717) is 18.9 Å². The molecular formula is C9H17NO3. The average molecular weight is 187 g/mol. The summed E-state index contributed by atoms with van der Waals surface area (Å²) in [6.07, 6.45) is 0.342. The van der Waals surface area contributed by atoms with E-state index in [4.69, 9.17) is 5.11 Å². The molecule has 1 unspecified atom stereocenters. The first-order valence-corrected chi connectivity index (χ1v) is 4.62. The van der Waals surface area contributed by atoms with Crippen LogP contribution in [0.3, 0.4) is 0 Å². The molecule has 76 valence electrons. The molecule has 1 rings (SSSR count). The molecule has 1 fully saturated rings. The Labute approximate surface area is 78.2 Å². The molecule has 0 bridgehead atoms. The van der Waals surface area contributed by atoms with E-state index in [0.717, 1.165) is 6.54 Å². The van der Waals surface area contributed by atoms with Gasteiger partial charge in [0.05, 0.1) is 0 Å². The number of aliphatic carboxylic acids is 1. The van der Waals surface area contributed by atoms with Crippen molar-refractivity contribution in [2.75, 3.05) is 19.6 Å². The van der Waals surface area contributed by atoms with Crippen molar-refractivity contribution in [3.63, 3.8) is 0 Å². The number of rotatable bonds is 3. The van der Waals surface area contributed by atoms with Gasteiger partial charge in [-0.05, 0) is 5.92 Å². The van der Waals surface area contributed by atoms with Crippen molar-refractivity contribution >= 4 is 5.97 Å². The number of carboxylic acids is 1. The van der Waals surface area contributed by atoms with Crippen LogP contribution in [0.25, 0.3) is 0 Å². The monoisotopic (exact) mass is 187 g/mol. The van der Waals surface area contributed by atoms with Gasteiger partial charge >= 0.3 is 5.97 Å². The predicted octanol–water partition coefficient (Wildman–Crippen LogP) is 0.164. The molecule has 0 radical (unpaired) electrons. The first kappa shape index (κ1) is 10.5. The van der Waals surface area contributed by atoms with Crippen LogP contribution in [-0.2, 0) is 4.79 Å². The zero-order chi connectivity index (χ0) is 10.1. The van der Waals surface area contributed by atoms with Crippen LogP contribution in [0.15, 0.2) is 0 Å². The number of carbonyl (C=O) groups is 1. The van der Waals surface area contributed by atoms with Gasteiger partial charge in [-0.25, -0.2) is 4.79 Å². The highest BCUT2D eigenvalue weighted by molar-refractivity contribution is 5.77. The predicted molar refractivity (Wildman–Crippen MR) is 48.5 cm³/mol. The topological polar surface area (TPSA) is 60.8 Å². The van der Waals surface area contributed by atoms with Gasteiger partial charge in [-0.15, -0.1) is 0 Å². The second-order valence-corrected chi connectivity index (χ2v) is 4.22. The molecule has 0 aliphatic carbocycles. The molecular weight excluding hydrogens is 170 g/mol. The van der Waals surface area contributed by atoms with Gasteiger partial charge < -0.3 is 10.2 Å². The SMILES string of the molecule is CC(C)CN1CCC(O)(C(=O)O)C1. The van der Waals surface area contributed by atoms with E-state index in [1.807, 2.05) is 4.90 Å². The van der Waals surface area contributed by atoms with Crippen LogP contribution in [0.4, 0.5) is 0 Å². The number of hydrogen-bond donors (Lipinski definition) is 2.